The maximum absolute atomic E-state index is 8.87. The lowest BCUT2D eigenvalue weighted by atomic mass is 10.0. The Morgan fingerprint density at radius 2 is 2.40 bits per heavy atom. The molecule has 1 unspecified atom stereocenters. The van der Waals surface area contributed by atoms with Gasteiger partial charge in [-0.25, -0.2) is 4.98 Å². The molecule has 0 fully saturated rings. The van der Waals surface area contributed by atoms with Crippen molar-refractivity contribution in [2.45, 2.75) is 19.8 Å². The zero-order valence-electron chi connectivity index (χ0n) is 8.91. The molecule has 0 saturated carbocycles. The summed E-state index contributed by atoms with van der Waals surface area (Å²) in [4.78, 5) is 4.22. The molecule has 0 radical (unpaired) electrons. The van der Waals surface area contributed by atoms with Gasteiger partial charge in [0.05, 0.1) is 4.47 Å². The molecule has 0 aliphatic heterocycles. The van der Waals surface area contributed by atoms with Crippen molar-refractivity contribution in [3.05, 3.63) is 22.8 Å². The largest absolute Gasteiger partial charge is 0.396 e. The Balaban J connectivity index is 2.45. The van der Waals surface area contributed by atoms with Crippen LogP contribution in [-0.4, -0.2) is 23.2 Å². The van der Waals surface area contributed by atoms with Crippen LogP contribution >= 0.6 is 15.9 Å². The Labute approximate surface area is 99.1 Å². The van der Waals surface area contributed by atoms with Gasteiger partial charge >= 0.3 is 0 Å². The highest BCUT2D eigenvalue weighted by molar-refractivity contribution is 9.10. The van der Waals surface area contributed by atoms with Gasteiger partial charge in [-0.3, -0.25) is 0 Å². The summed E-state index contributed by atoms with van der Waals surface area (Å²) in [7, 11) is 0. The highest BCUT2D eigenvalue weighted by Gasteiger charge is 2.06. The summed E-state index contributed by atoms with van der Waals surface area (Å²) in [6.07, 6.45) is 3.67. The Bertz CT molecular complexity index is 294. The van der Waals surface area contributed by atoms with Crippen molar-refractivity contribution in [2.24, 2.45) is 5.92 Å². The van der Waals surface area contributed by atoms with Gasteiger partial charge in [0, 0.05) is 19.3 Å². The molecule has 0 amide bonds. The minimum atomic E-state index is 0.254. The van der Waals surface area contributed by atoms with E-state index in [0.29, 0.717) is 5.92 Å². The molecule has 0 aliphatic rings. The van der Waals surface area contributed by atoms with E-state index in [9.17, 15) is 0 Å². The Kier molecular flexibility index (Phi) is 5.65. The van der Waals surface area contributed by atoms with Gasteiger partial charge in [0.1, 0.15) is 5.82 Å². The lowest BCUT2D eigenvalue weighted by molar-refractivity contribution is 0.258. The van der Waals surface area contributed by atoms with E-state index in [1.54, 1.807) is 6.20 Å². The number of hydrogen-bond acceptors (Lipinski definition) is 3. The first kappa shape index (κ1) is 12.5. The summed E-state index contributed by atoms with van der Waals surface area (Å²) in [6.45, 7) is 3.24. The van der Waals surface area contributed by atoms with E-state index in [1.807, 2.05) is 12.1 Å². The number of aliphatic hydroxyl groups excluding tert-OH is 1. The molecule has 0 saturated heterocycles. The monoisotopic (exact) mass is 272 g/mol. The van der Waals surface area contributed by atoms with E-state index in [4.69, 9.17) is 5.11 Å². The zero-order valence-corrected chi connectivity index (χ0v) is 10.5. The number of nitrogens with zero attached hydrogens (tertiary/aromatic N) is 1. The van der Waals surface area contributed by atoms with Crippen LogP contribution in [0.2, 0.25) is 0 Å². The highest BCUT2D eigenvalue weighted by atomic mass is 79.9. The molecule has 1 aromatic rings. The van der Waals surface area contributed by atoms with Gasteiger partial charge in [0.25, 0.3) is 0 Å². The molecular weight excluding hydrogens is 256 g/mol. The van der Waals surface area contributed by atoms with Crippen LogP contribution in [0.15, 0.2) is 22.8 Å². The highest BCUT2D eigenvalue weighted by Crippen LogP contribution is 2.19. The number of pyridine rings is 1. The van der Waals surface area contributed by atoms with Gasteiger partial charge in [-0.05, 0) is 40.4 Å². The van der Waals surface area contributed by atoms with Crippen LogP contribution in [0.1, 0.15) is 19.8 Å². The topological polar surface area (TPSA) is 45.1 Å². The molecule has 0 spiro atoms. The number of nitrogens with one attached hydrogen (secondary N) is 1. The predicted octanol–water partition coefficient (Wildman–Crippen LogP) is 2.66. The third-order valence-corrected chi connectivity index (χ3v) is 3.07. The molecule has 0 aromatic carbocycles. The van der Waals surface area contributed by atoms with Gasteiger partial charge in [-0.2, -0.15) is 0 Å². The van der Waals surface area contributed by atoms with Crippen LogP contribution in [0.3, 0.4) is 0 Å². The summed E-state index contributed by atoms with van der Waals surface area (Å²) in [5, 5.41) is 12.1. The fraction of sp³-hybridized carbons (Fsp3) is 0.545. The average molecular weight is 273 g/mol. The molecule has 2 N–H and O–H groups in total. The van der Waals surface area contributed by atoms with Crippen molar-refractivity contribution >= 4 is 21.7 Å². The lowest BCUT2D eigenvalue weighted by Gasteiger charge is -2.15. The van der Waals surface area contributed by atoms with Crippen LogP contribution in [0.25, 0.3) is 0 Å². The van der Waals surface area contributed by atoms with Crippen molar-refractivity contribution in [2.75, 3.05) is 18.5 Å². The molecule has 0 aliphatic carbocycles. The van der Waals surface area contributed by atoms with Gasteiger partial charge < -0.3 is 10.4 Å². The molecule has 0 bridgehead atoms. The third-order valence-electron chi connectivity index (χ3n) is 2.43. The zero-order chi connectivity index (χ0) is 11.1. The second-order valence-corrected chi connectivity index (χ2v) is 4.36. The normalized spacial score (nSPS) is 12.5. The van der Waals surface area contributed by atoms with E-state index in [2.05, 4.69) is 33.2 Å². The maximum Gasteiger partial charge on any atom is 0.140 e. The summed E-state index contributed by atoms with van der Waals surface area (Å²) >= 11 is 3.43. The molecule has 84 valence electrons. The standard InChI is InChI=1S/C11H17BrN2O/c1-2-9(5-7-15)8-14-11-10(12)4-3-6-13-11/h3-4,6,9,15H,2,5,7-8H2,1H3,(H,13,14). The van der Waals surface area contributed by atoms with E-state index >= 15 is 0 Å². The number of hydrogen-bond donors (Lipinski definition) is 2. The summed E-state index contributed by atoms with van der Waals surface area (Å²) in [5.74, 6) is 1.37. The van der Waals surface area contributed by atoms with Crippen molar-refractivity contribution < 1.29 is 5.11 Å². The van der Waals surface area contributed by atoms with E-state index in [-0.39, 0.29) is 6.61 Å². The molecule has 1 rings (SSSR count). The van der Waals surface area contributed by atoms with Crippen molar-refractivity contribution in [1.82, 2.24) is 4.98 Å². The van der Waals surface area contributed by atoms with Crippen LogP contribution in [0.5, 0.6) is 0 Å². The Morgan fingerprint density at radius 1 is 1.60 bits per heavy atom. The third kappa shape index (κ3) is 4.18. The molecule has 1 heterocycles. The maximum atomic E-state index is 8.87. The van der Waals surface area contributed by atoms with Gasteiger partial charge in [-0.15, -0.1) is 0 Å². The summed E-state index contributed by atoms with van der Waals surface area (Å²) < 4.78 is 0.976. The summed E-state index contributed by atoms with van der Waals surface area (Å²) in [6, 6.07) is 3.85. The molecule has 1 atom stereocenters. The second-order valence-electron chi connectivity index (χ2n) is 3.50. The second kappa shape index (κ2) is 6.80. The van der Waals surface area contributed by atoms with Gasteiger partial charge in [-0.1, -0.05) is 13.3 Å². The van der Waals surface area contributed by atoms with E-state index in [1.165, 1.54) is 0 Å². The number of anilines is 1. The number of aliphatic hydroxyl groups is 1. The van der Waals surface area contributed by atoms with Gasteiger partial charge in [0.2, 0.25) is 0 Å². The van der Waals surface area contributed by atoms with Crippen molar-refractivity contribution in [3.8, 4) is 0 Å². The fourth-order valence-electron chi connectivity index (χ4n) is 1.39. The first-order chi connectivity index (χ1) is 7.27. The van der Waals surface area contributed by atoms with E-state index < -0.39 is 0 Å². The minimum Gasteiger partial charge on any atom is -0.396 e. The Morgan fingerprint density at radius 3 is 3.00 bits per heavy atom. The number of aromatic nitrogens is 1. The van der Waals surface area contributed by atoms with Gasteiger partial charge in [0.15, 0.2) is 0 Å². The Hall–Kier alpha value is -0.610. The van der Waals surface area contributed by atoms with Crippen LogP contribution in [0, 0.1) is 5.92 Å². The molecule has 3 nitrogen and oxygen atoms in total. The van der Waals surface area contributed by atoms with Crippen molar-refractivity contribution in [3.63, 3.8) is 0 Å². The number of halogens is 1. The van der Waals surface area contributed by atoms with Crippen molar-refractivity contribution in [1.29, 1.82) is 0 Å². The lowest BCUT2D eigenvalue weighted by Crippen LogP contribution is -2.15. The summed E-state index contributed by atoms with van der Waals surface area (Å²) in [5.41, 5.74) is 0. The first-order valence-corrected chi connectivity index (χ1v) is 6.02. The SMILES string of the molecule is CCC(CCO)CNc1ncccc1Br. The average Bonchev–Trinajstić information content (AvgIpc) is 2.26. The first-order valence-electron chi connectivity index (χ1n) is 5.23. The smallest absolute Gasteiger partial charge is 0.140 e. The fourth-order valence-corrected chi connectivity index (χ4v) is 1.79. The van der Waals surface area contributed by atoms with E-state index in [0.717, 1.165) is 29.7 Å². The number of rotatable bonds is 6. The van der Waals surface area contributed by atoms with Crippen LogP contribution < -0.4 is 5.32 Å². The molecule has 4 heteroatoms. The minimum absolute atomic E-state index is 0.254. The quantitative estimate of drug-likeness (QED) is 0.837. The predicted molar refractivity (Wildman–Crippen MR) is 65.9 cm³/mol. The molecule has 1 aromatic heterocycles. The molecule has 15 heavy (non-hydrogen) atoms. The molecular formula is C11H17BrN2O. The van der Waals surface area contributed by atoms with Crippen LogP contribution in [0.4, 0.5) is 5.82 Å². The van der Waals surface area contributed by atoms with Crippen LogP contribution in [-0.2, 0) is 0 Å².